The average Bonchev–Trinajstić information content (AvgIpc) is 3.33. The van der Waals surface area contributed by atoms with Crippen LogP contribution in [0.15, 0.2) is 24.3 Å². The summed E-state index contributed by atoms with van der Waals surface area (Å²) in [5, 5.41) is 8.96. The highest BCUT2D eigenvalue weighted by atomic mass is 19.4. The number of aromatic amines is 1. The molecule has 1 aromatic carbocycles. The van der Waals surface area contributed by atoms with E-state index >= 15 is 0 Å². The first kappa shape index (κ1) is 22.6. The predicted molar refractivity (Wildman–Crippen MR) is 124 cm³/mol. The molecule has 2 aromatic heterocycles. The Kier molecular flexibility index (Phi) is 5.71. The summed E-state index contributed by atoms with van der Waals surface area (Å²) in [6, 6.07) is 7.33. The Morgan fingerprint density at radius 2 is 1.94 bits per heavy atom. The number of benzene rings is 1. The van der Waals surface area contributed by atoms with Gasteiger partial charge in [0.15, 0.2) is 0 Å². The third kappa shape index (κ3) is 4.46. The van der Waals surface area contributed by atoms with Crippen molar-refractivity contribution in [3.8, 4) is 11.3 Å². The van der Waals surface area contributed by atoms with Gasteiger partial charge in [-0.25, -0.2) is 9.97 Å². The van der Waals surface area contributed by atoms with E-state index in [4.69, 9.17) is 9.97 Å². The van der Waals surface area contributed by atoms with Crippen molar-refractivity contribution in [1.82, 2.24) is 25.6 Å². The summed E-state index contributed by atoms with van der Waals surface area (Å²) < 4.78 is 37.8. The number of aryl methyl sites for hydroxylation is 1. The normalized spacial score (nSPS) is 22.6. The van der Waals surface area contributed by atoms with Gasteiger partial charge in [0.25, 0.3) is 5.91 Å². The minimum atomic E-state index is -4.21. The van der Waals surface area contributed by atoms with Crippen LogP contribution in [0.4, 0.5) is 19.0 Å². The molecule has 5 rings (SSSR count). The van der Waals surface area contributed by atoms with Crippen LogP contribution < -0.4 is 16.0 Å². The first-order chi connectivity index (χ1) is 16.2. The van der Waals surface area contributed by atoms with Gasteiger partial charge in [0.05, 0.1) is 35.1 Å². The Morgan fingerprint density at radius 3 is 2.71 bits per heavy atom. The number of amides is 1. The molecule has 10 heteroatoms. The fraction of sp³-hybridized carbons (Fsp3) is 0.458. The highest BCUT2D eigenvalue weighted by Gasteiger charge is 2.31. The number of nitrogens with one attached hydrogen (secondary N) is 4. The number of rotatable bonds is 5. The van der Waals surface area contributed by atoms with Gasteiger partial charge in [-0.3, -0.25) is 4.79 Å². The summed E-state index contributed by atoms with van der Waals surface area (Å²) in [7, 11) is 0. The fourth-order valence-corrected chi connectivity index (χ4v) is 4.97. The van der Waals surface area contributed by atoms with Gasteiger partial charge in [0.2, 0.25) is 0 Å². The third-order valence-electron chi connectivity index (χ3n) is 6.64. The van der Waals surface area contributed by atoms with Gasteiger partial charge in [-0.05, 0) is 51.7 Å². The number of carbonyl (C=O) groups excluding carboxylic acids is 1. The van der Waals surface area contributed by atoms with Gasteiger partial charge in [-0.2, -0.15) is 13.2 Å². The molecule has 0 bridgehead atoms. The maximum atomic E-state index is 12.6. The van der Waals surface area contributed by atoms with Crippen LogP contribution >= 0.6 is 0 Å². The van der Waals surface area contributed by atoms with E-state index in [0.29, 0.717) is 23.3 Å². The number of carbonyl (C=O) groups is 1. The number of fused-ring (bicyclic) bond motifs is 2. The molecule has 180 valence electrons. The molecule has 0 spiro atoms. The van der Waals surface area contributed by atoms with Crippen LogP contribution in [-0.4, -0.2) is 45.7 Å². The standard InChI is InChI=1S/C24H27F3N6O/c1-12-20-17(23(34)30-12)10-19(32-20)16-7-4-8-18-21(16)33-22(13(2)29-18)31-15-6-3-5-14(9-15)28-11-24(25,26)27/h4,7-8,10,12,14-15,28,32H,3,5-6,9,11H2,1-2H3,(H,30,34)(H,31,33)/t12-,14?,15-/m1/s1. The lowest BCUT2D eigenvalue weighted by molar-refractivity contribution is -0.126. The Labute approximate surface area is 194 Å². The van der Waals surface area contributed by atoms with Crippen LogP contribution in [0.25, 0.3) is 22.3 Å². The Morgan fingerprint density at radius 1 is 1.15 bits per heavy atom. The second kappa shape index (κ2) is 8.57. The average molecular weight is 473 g/mol. The zero-order valence-electron chi connectivity index (χ0n) is 19.0. The van der Waals surface area contributed by atoms with Crippen molar-refractivity contribution < 1.29 is 18.0 Å². The lowest BCUT2D eigenvalue weighted by Gasteiger charge is -2.31. The largest absolute Gasteiger partial charge is 0.401 e. The van der Waals surface area contributed by atoms with Crippen molar-refractivity contribution in [2.24, 2.45) is 0 Å². The first-order valence-electron chi connectivity index (χ1n) is 11.6. The van der Waals surface area contributed by atoms with E-state index in [9.17, 15) is 18.0 Å². The van der Waals surface area contributed by atoms with Crippen LogP contribution in [0.3, 0.4) is 0 Å². The van der Waals surface area contributed by atoms with Gasteiger partial charge >= 0.3 is 6.18 Å². The summed E-state index contributed by atoms with van der Waals surface area (Å²) in [6.45, 7) is 2.83. The molecule has 0 saturated heterocycles. The molecule has 7 nitrogen and oxygen atoms in total. The number of halogens is 3. The van der Waals surface area contributed by atoms with Crippen molar-refractivity contribution in [2.45, 2.75) is 63.8 Å². The maximum absolute atomic E-state index is 12.6. The highest BCUT2D eigenvalue weighted by molar-refractivity contribution is 6.01. The smallest absolute Gasteiger partial charge is 0.366 e. The molecule has 1 aliphatic carbocycles. The van der Waals surface area contributed by atoms with Crippen molar-refractivity contribution in [2.75, 3.05) is 11.9 Å². The van der Waals surface area contributed by atoms with E-state index in [1.807, 2.05) is 38.1 Å². The van der Waals surface area contributed by atoms with E-state index in [2.05, 4.69) is 20.9 Å². The maximum Gasteiger partial charge on any atom is 0.401 e. The molecule has 1 saturated carbocycles. The Bertz CT molecular complexity index is 1240. The zero-order chi connectivity index (χ0) is 24.0. The van der Waals surface area contributed by atoms with Crippen molar-refractivity contribution in [3.05, 3.63) is 41.2 Å². The molecular weight excluding hydrogens is 445 g/mol. The number of anilines is 1. The minimum Gasteiger partial charge on any atom is -0.366 e. The van der Waals surface area contributed by atoms with Crippen molar-refractivity contribution >= 4 is 22.8 Å². The molecular formula is C24H27F3N6O. The van der Waals surface area contributed by atoms with Crippen molar-refractivity contribution in [3.63, 3.8) is 0 Å². The van der Waals surface area contributed by atoms with Gasteiger partial charge < -0.3 is 20.9 Å². The predicted octanol–water partition coefficient (Wildman–Crippen LogP) is 4.61. The number of aromatic nitrogens is 3. The Hall–Kier alpha value is -3.14. The van der Waals surface area contributed by atoms with Crippen LogP contribution in [-0.2, 0) is 0 Å². The Balaban J connectivity index is 1.41. The second-order valence-corrected chi connectivity index (χ2v) is 9.24. The SMILES string of the molecule is Cc1nc2cccc(-c3cc4c([nH]3)[C@@H](C)NC4=O)c2nc1N[C@@H]1CCCC(NCC(F)(F)F)C1. The molecule has 3 atom stereocenters. The number of nitrogens with zero attached hydrogens (tertiary/aromatic N) is 2. The van der Waals surface area contributed by atoms with E-state index in [-0.39, 0.29) is 24.0 Å². The molecule has 1 unspecified atom stereocenters. The molecule has 0 radical (unpaired) electrons. The molecule has 1 amide bonds. The molecule has 1 aliphatic heterocycles. The van der Waals surface area contributed by atoms with Crippen LogP contribution in [0.5, 0.6) is 0 Å². The summed E-state index contributed by atoms with van der Waals surface area (Å²) in [5.41, 5.74) is 5.31. The molecule has 2 aliphatic rings. The van der Waals surface area contributed by atoms with Crippen LogP contribution in [0.2, 0.25) is 0 Å². The number of alkyl halides is 3. The number of H-pyrrole nitrogens is 1. The summed E-state index contributed by atoms with van der Waals surface area (Å²) in [6.07, 6.45) is -1.20. The molecule has 3 aromatic rings. The number of hydrogen-bond acceptors (Lipinski definition) is 5. The van der Waals surface area contributed by atoms with E-state index in [1.54, 1.807) is 0 Å². The minimum absolute atomic E-state index is 0.0101. The van der Waals surface area contributed by atoms with E-state index in [0.717, 1.165) is 47.4 Å². The second-order valence-electron chi connectivity index (χ2n) is 9.24. The first-order valence-corrected chi connectivity index (χ1v) is 11.6. The van der Waals surface area contributed by atoms with E-state index in [1.165, 1.54) is 0 Å². The fourth-order valence-electron chi connectivity index (χ4n) is 4.97. The van der Waals surface area contributed by atoms with Crippen molar-refractivity contribution in [1.29, 1.82) is 0 Å². The zero-order valence-corrected chi connectivity index (χ0v) is 19.0. The molecule has 34 heavy (non-hydrogen) atoms. The third-order valence-corrected chi connectivity index (χ3v) is 6.64. The molecule has 4 N–H and O–H groups in total. The number of hydrogen-bond donors (Lipinski definition) is 4. The number of para-hydroxylation sites is 1. The monoisotopic (exact) mass is 472 g/mol. The van der Waals surface area contributed by atoms with Gasteiger partial charge in [0, 0.05) is 23.3 Å². The molecule has 1 fully saturated rings. The summed E-state index contributed by atoms with van der Waals surface area (Å²) in [4.78, 5) is 25.2. The highest BCUT2D eigenvalue weighted by Crippen LogP contribution is 2.33. The van der Waals surface area contributed by atoms with Gasteiger partial charge in [-0.15, -0.1) is 0 Å². The van der Waals surface area contributed by atoms with Crippen LogP contribution in [0.1, 0.15) is 60.4 Å². The van der Waals surface area contributed by atoms with Crippen LogP contribution in [0, 0.1) is 6.92 Å². The lowest BCUT2D eigenvalue weighted by atomic mass is 9.91. The van der Waals surface area contributed by atoms with E-state index < -0.39 is 12.7 Å². The van der Waals surface area contributed by atoms with Gasteiger partial charge in [-0.1, -0.05) is 12.1 Å². The topological polar surface area (TPSA) is 94.7 Å². The molecule has 3 heterocycles. The van der Waals surface area contributed by atoms with Gasteiger partial charge in [0.1, 0.15) is 11.3 Å². The summed E-state index contributed by atoms with van der Waals surface area (Å²) in [5.74, 6) is 0.534. The quantitative estimate of drug-likeness (QED) is 0.435. The summed E-state index contributed by atoms with van der Waals surface area (Å²) >= 11 is 0. The lowest BCUT2D eigenvalue weighted by Crippen LogP contribution is -2.42.